The number of aryl methyl sites for hydroxylation is 2. The van der Waals surface area contributed by atoms with E-state index in [9.17, 15) is 4.79 Å². The molecule has 1 aliphatic rings. The lowest BCUT2D eigenvalue weighted by Gasteiger charge is -2.31. The molecule has 1 fully saturated rings. The van der Waals surface area contributed by atoms with E-state index in [1.54, 1.807) is 18.3 Å². The summed E-state index contributed by atoms with van der Waals surface area (Å²) < 4.78 is 0. The molecule has 0 unspecified atom stereocenters. The van der Waals surface area contributed by atoms with E-state index in [1.807, 2.05) is 30.2 Å². The number of hydrogen-bond donors (Lipinski definition) is 1. The van der Waals surface area contributed by atoms with E-state index in [0.29, 0.717) is 6.54 Å². The Morgan fingerprint density at radius 3 is 2.83 bits per heavy atom. The Morgan fingerprint density at radius 2 is 2.13 bits per heavy atom. The van der Waals surface area contributed by atoms with Crippen LogP contribution in [0.15, 0.2) is 11.4 Å². The summed E-state index contributed by atoms with van der Waals surface area (Å²) >= 11 is 1.56. The Morgan fingerprint density at radius 1 is 1.30 bits per heavy atom. The minimum absolute atomic E-state index is 0.124. The molecule has 0 bridgehead atoms. The van der Waals surface area contributed by atoms with Gasteiger partial charge in [-0.05, 0) is 26.7 Å². The van der Waals surface area contributed by atoms with Gasteiger partial charge in [-0.1, -0.05) is 0 Å². The molecule has 0 saturated carbocycles. The van der Waals surface area contributed by atoms with Crippen molar-refractivity contribution in [1.29, 1.82) is 0 Å². The van der Waals surface area contributed by atoms with Gasteiger partial charge in [0.05, 0.1) is 5.69 Å². The lowest BCUT2D eigenvalue weighted by Crippen LogP contribution is -2.38. The van der Waals surface area contributed by atoms with Crippen molar-refractivity contribution in [3.05, 3.63) is 28.7 Å². The molecule has 0 radical (unpaired) electrons. The van der Waals surface area contributed by atoms with E-state index >= 15 is 0 Å². The Hall–Kier alpha value is -2.02. The predicted octanol–water partition coefficient (Wildman–Crippen LogP) is 3.02. The number of piperidine rings is 1. The standard InChI is InChI=1S/C16H21N5OS/c1-10-7-14(20-16-18-11(2)9-23-16)19-15(17-10)13-5-4-6-21(8-13)12(3)22/h7,9,13H,4-6,8H2,1-3H3,(H,17,18,19,20)/t13-/m1/s1. The number of nitrogens with one attached hydrogen (secondary N) is 1. The van der Waals surface area contributed by atoms with Crippen LogP contribution in [0.3, 0.4) is 0 Å². The Balaban J connectivity index is 1.81. The van der Waals surface area contributed by atoms with Crippen molar-refractivity contribution in [2.45, 2.75) is 39.5 Å². The van der Waals surface area contributed by atoms with Gasteiger partial charge in [-0.15, -0.1) is 11.3 Å². The third-order valence-electron chi connectivity index (χ3n) is 3.96. The Bertz CT molecular complexity index is 714. The summed E-state index contributed by atoms with van der Waals surface area (Å²) in [7, 11) is 0. The fourth-order valence-electron chi connectivity index (χ4n) is 2.83. The van der Waals surface area contributed by atoms with Gasteiger partial charge in [0, 0.05) is 43.1 Å². The molecule has 0 spiro atoms. The second-order valence-corrected chi connectivity index (χ2v) is 6.83. The summed E-state index contributed by atoms with van der Waals surface area (Å²) in [5.41, 5.74) is 1.92. The third kappa shape index (κ3) is 3.85. The van der Waals surface area contributed by atoms with Crippen LogP contribution < -0.4 is 5.32 Å². The van der Waals surface area contributed by atoms with Crippen molar-refractivity contribution in [3.63, 3.8) is 0 Å². The number of carbonyl (C=O) groups excluding carboxylic acids is 1. The number of carbonyl (C=O) groups is 1. The van der Waals surface area contributed by atoms with Gasteiger partial charge in [0.2, 0.25) is 5.91 Å². The van der Waals surface area contributed by atoms with Gasteiger partial charge >= 0.3 is 0 Å². The highest BCUT2D eigenvalue weighted by Crippen LogP contribution is 2.27. The summed E-state index contributed by atoms with van der Waals surface area (Å²) in [6.07, 6.45) is 2.01. The van der Waals surface area contributed by atoms with Crippen LogP contribution in [0.5, 0.6) is 0 Å². The molecule has 23 heavy (non-hydrogen) atoms. The van der Waals surface area contributed by atoms with Gasteiger partial charge in [-0.25, -0.2) is 15.0 Å². The van der Waals surface area contributed by atoms with Crippen LogP contribution in [0.4, 0.5) is 10.9 Å². The lowest BCUT2D eigenvalue weighted by atomic mass is 9.97. The van der Waals surface area contributed by atoms with Gasteiger partial charge in [0.15, 0.2) is 5.13 Å². The van der Waals surface area contributed by atoms with Crippen LogP contribution in [-0.2, 0) is 4.79 Å². The average Bonchev–Trinajstić information content (AvgIpc) is 2.92. The van der Waals surface area contributed by atoms with Crippen molar-refractivity contribution < 1.29 is 4.79 Å². The first-order chi connectivity index (χ1) is 11.0. The highest BCUT2D eigenvalue weighted by Gasteiger charge is 2.25. The number of amides is 1. The fourth-order valence-corrected chi connectivity index (χ4v) is 3.53. The highest BCUT2D eigenvalue weighted by atomic mass is 32.1. The SMILES string of the molecule is CC(=O)N1CCC[C@@H](c2nc(C)cc(Nc3nc(C)cs3)n2)C1. The highest BCUT2D eigenvalue weighted by molar-refractivity contribution is 7.13. The van der Waals surface area contributed by atoms with Gasteiger partial charge in [-0.3, -0.25) is 4.79 Å². The van der Waals surface area contributed by atoms with E-state index in [4.69, 9.17) is 0 Å². The normalized spacial score (nSPS) is 18.0. The van der Waals surface area contributed by atoms with Crippen molar-refractivity contribution >= 4 is 28.2 Å². The number of rotatable bonds is 3. The molecule has 3 rings (SSSR count). The van der Waals surface area contributed by atoms with Crippen molar-refractivity contribution in [2.75, 3.05) is 18.4 Å². The molecule has 1 atom stereocenters. The molecular formula is C16H21N5OS. The van der Waals surface area contributed by atoms with Crippen LogP contribution >= 0.6 is 11.3 Å². The monoisotopic (exact) mass is 331 g/mol. The van der Waals surface area contributed by atoms with E-state index in [-0.39, 0.29) is 11.8 Å². The largest absolute Gasteiger partial charge is 0.342 e. The third-order valence-corrected chi connectivity index (χ3v) is 4.83. The molecular weight excluding hydrogens is 310 g/mol. The molecule has 1 aliphatic heterocycles. The van der Waals surface area contributed by atoms with E-state index in [2.05, 4.69) is 20.3 Å². The minimum Gasteiger partial charge on any atom is -0.342 e. The maximum atomic E-state index is 11.6. The van der Waals surface area contributed by atoms with Gasteiger partial charge in [0.1, 0.15) is 11.6 Å². The first kappa shape index (κ1) is 15.9. The summed E-state index contributed by atoms with van der Waals surface area (Å²) in [4.78, 5) is 27.2. The molecule has 2 aromatic heterocycles. The number of anilines is 2. The van der Waals surface area contributed by atoms with Gasteiger partial charge in [0.25, 0.3) is 0 Å². The molecule has 0 aliphatic carbocycles. The number of thiazole rings is 1. The molecule has 2 aromatic rings. The molecule has 7 heteroatoms. The Labute approximate surface area is 140 Å². The van der Waals surface area contributed by atoms with Gasteiger partial charge < -0.3 is 10.2 Å². The molecule has 6 nitrogen and oxygen atoms in total. The summed E-state index contributed by atoms with van der Waals surface area (Å²) in [5.74, 6) is 1.90. The number of hydrogen-bond acceptors (Lipinski definition) is 6. The van der Waals surface area contributed by atoms with Crippen LogP contribution in [0.1, 0.15) is 42.9 Å². The topological polar surface area (TPSA) is 71.0 Å². The van der Waals surface area contributed by atoms with E-state index < -0.39 is 0 Å². The van der Waals surface area contributed by atoms with Gasteiger partial charge in [-0.2, -0.15) is 0 Å². The summed E-state index contributed by atoms with van der Waals surface area (Å²) in [5, 5.41) is 6.09. The molecule has 1 saturated heterocycles. The number of likely N-dealkylation sites (tertiary alicyclic amines) is 1. The zero-order chi connectivity index (χ0) is 16.4. The Kier molecular flexibility index (Phi) is 4.56. The number of nitrogens with zero attached hydrogens (tertiary/aromatic N) is 4. The number of aromatic nitrogens is 3. The van der Waals surface area contributed by atoms with Crippen molar-refractivity contribution in [3.8, 4) is 0 Å². The van der Waals surface area contributed by atoms with Crippen molar-refractivity contribution in [1.82, 2.24) is 19.9 Å². The quantitative estimate of drug-likeness (QED) is 0.936. The molecule has 3 heterocycles. The smallest absolute Gasteiger partial charge is 0.219 e. The van der Waals surface area contributed by atoms with Crippen LogP contribution in [0.25, 0.3) is 0 Å². The van der Waals surface area contributed by atoms with Crippen LogP contribution in [-0.4, -0.2) is 38.8 Å². The van der Waals surface area contributed by atoms with Crippen molar-refractivity contribution in [2.24, 2.45) is 0 Å². The molecule has 122 valence electrons. The predicted molar refractivity (Wildman–Crippen MR) is 91.1 cm³/mol. The zero-order valence-corrected chi connectivity index (χ0v) is 14.5. The average molecular weight is 331 g/mol. The molecule has 1 amide bonds. The van der Waals surface area contributed by atoms with Crippen LogP contribution in [0.2, 0.25) is 0 Å². The zero-order valence-electron chi connectivity index (χ0n) is 13.7. The van der Waals surface area contributed by atoms with Crippen LogP contribution in [0, 0.1) is 13.8 Å². The maximum Gasteiger partial charge on any atom is 0.219 e. The summed E-state index contributed by atoms with van der Waals surface area (Å²) in [6.45, 7) is 7.10. The fraction of sp³-hybridized carbons (Fsp3) is 0.500. The van der Waals surface area contributed by atoms with E-state index in [0.717, 1.165) is 47.5 Å². The second kappa shape index (κ2) is 6.62. The molecule has 1 N–H and O–H groups in total. The maximum absolute atomic E-state index is 11.6. The lowest BCUT2D eigenvalue weighted by molar-refractivity contribution is -0.130. The second-order valence-electron chi connectivity index (χ2n) is 5.98. The minimum atomic E-state index is 0.124. The van der Waals surface area contributed by atoms with E-state index in [1.165, 1.54) is 0 Å². The first-order valence-electron chi connectivity index (χ1n) is 7.81. The molecule has 0 aromatic carbocycles. The first-order valence-corrected chi connectivity index (χ1v) is 8.69. The summed E-state index contributed by atoms with van der Waals surface area (Å²) in [6, 6.07) is 1.92.